The third kappa shape index (κ3) is 2.63. The number of nitrogens with two attached hydrogens (primary N) is 1. The zero-order valence-corrected chi connectivity index (χ0v) is 13.1. The molecule has 2 unspecified atom stereocenters. The molecule has 3 heteroatoms. The Hall–Kier alpha value is -0.380. The second-order valence-corrected chi connectivity index (χ2v) is 6.42. The van der Waals surface area contributed by atoms with Crippen LogP contribution in [0.5, 0.6) is 0 Å². The van der Waals surface area contributed by atoms with Crippen LogP contribution in [0.4, 0.5) is 0 Å². The van der Waals surface area contributed by atoms with Crippen molar-refractivity contribution in [1.82, 2.24) is 4.90 Å². The Morgan fingerprint density at radius 2 is 2.17 bits per heavy atom. The Bertz CT molecular complexity index is 417. The van der Waals surface area contributed by atoms with Crippen molar-refractivity contribution in [3.05, 3.63) is 33.8 Å². The summed E-state index contributed by atoms with van der Waals surface area (Å²) in [7, 11) is 0. The first-order chi connectivity index (χ1) is 8.54. The number of aryl methyl sites for hydroxylation is 1. The molecule has 1 heterocycles. The molecule has 100 valence electrons. The van der Waals surface area contributed by atoms with Crippen molar-refractivity contribution in [2.45, 2.75) is 39.3 Å². The van der Waals surface area contributed by atoms with E-state index < -0.39 is 0 Å². The molecule has 0 bridgehead atoms. The van der Waals surface area contributed by atoms with Crippen molar-refractivity contribution < 1.29 is 0 Å². The normalized spacial score (nSPS) is 25.0. The first-order valence-corrected chi connectivity index (χ1v) is 7.55. The molecule has 2 N–H and O–H groups in total. The van der Waals surface area contributed by atoms with E-state index in [9.17, 15) is 0 Å². The lowest BCUT2D eigenvalue weighted by Gasteiger charge is -2.31. The van der Waals surface area contributed by atoms with Gasteiger partial charge in [0.25, 0.3) is 0 Å². The summed E-state index contributed by atoms with van der Waals surface area (Å²) in [6.07, 6.45) is 1.22. The second kappa shape index (κ2) is 5.72. The fraction of sp³-hybridized carbons (Fsp3) is 0.600. The molecule has 0 saturated carbocycles. The molecule has 2 rings (SSSR count). The van der Waals surface area contributed by atoms with E-state index in [1.165, 1.54) is 28.6 Å². The molecule has 1 saturated heterocycles. The third-order valence-electron chi connectivity index (χ3n) is 4.05. The zero-order valence-electron chi connectivity index (χ0n) is 11.5. The van der Waals surface area contributed by atoms with E-state index in [-0.39, 0.29) is 0 Å². The highest BCUT2D eigenvalue weighted by Crippen LogP contribution is 2.38. The van der Waals surface area contributed by atoms with Gasteiger partial charge < -0.3 is 5.73 Å². The van der Waals surface area contributed by atoms with Crippen LogP contribution in [0.3, 0.4) is 0 Å². The molecule has 1 aromatic rings. The van der Waals surface area contributed by atoms with Crippen molar-refractivity contribution in [2.75, 3.05) is 13.1 Å². The Labute approximate surface area is 119 Å². The first kappa shape index (κ1) is 14.0. The van der Waals surface area contributed by atoms with Gasteiger partial charge in [-0.1, -0.05) is 28.1 Å². The molecule has 1 fully saturated rings. The summed E-state index contributed by atoms with van der Waals surface area (Å²) in [4.78, 5) is 2.58. The fourth-order valence-electron chi connectivity index (χ4n) is 3.02. The average molecular weight is 311 g/mol. The molecule has 1 aliphatic rings. The maximum atomic E-state index is 5.96. The molecular weight excluding hydrogens is 288 g/mol. The Morgan fingerprint density at radius 3 is 2.72 bits per heavy atom. The van der Waals surface area contributed by atoms with E-state index in [0.29, 0.717) is 18.0 Å². The smallest absolute Gasteiger partial charge is 0.0391 e. The van der Waals surface area contributed by atoms with Gasteiger partial charge in [-0.3, -0.25) is 4.90 Å². The average Bonchev–Trinajstić information content (AvgIpc) is 2.76. The Kier molecular flexibility index (Phi) is 4.46. The zero-order chi connectivity index (χ0) is 13.3. The highest BCUT2D eigenvalue weighted by molar-refractivity contribution is 9.10. The molecule has 2 atom stereocenters. The van der Waals surface area contributed by atoms with E-state index in [0.717, 1.165) is 6.54 Å². The number of likely N-dealkylation sites (tertiary alicyclic amines) is 1. The molecule has 0 amide bonds. The number of rotatable bonds is 3. The molecule has 18 heavy (non-hydrogen) atoms. The van der Waals surface area contributed by atoms with Gasteiger partial charge in [0.1, 0.15) is 0 Å². The van der Waals surface area contributed by atoms with Gasteiger partial charge >= 0.3 is 0 Å². The number of halogens is 1. The topological polar surface area (TPSA) is 29.3 Å². The van der Waals surface area contributed by atoms with Crippen molar-refractivity contribution in [3.8, 4) is 0 Å². The lowest BCUT2D eigenvalue weighted by atomic mass is 9.92. The second-order valence-electron chi connectivity index (χ2n) is 5.57. The van der Waals surface area contributed by atoms with Gasteiger partial charge in [0, 0.05) is 16.6 Å². The monoisotopic (exact) mass is 310 g/mol. The van der Waals surface area contributed by atoms with Crippen molar-refractivity contribution >= 4 is 15.9 Å². The lowest BCUT2D eigenvalue weighted by Crippen LogP contribution is -2.33. The summed E-state index contributed by atoms with van der Waals surface area (Å²) in [5.74, 6) is 0.591. The minimum Gasteiger partial charge on any atom is -0.330 e. The number of hydrogen-bond acceptors (Lipinski definition) is 2. The van der Waals surface area contributed by atoms with Gasteiger partial charge in [0.15, 0.2) is 0 Å². The Morgan fingerprint density at radius 1 is 1.44 bits per heavy atom. The summed E-state index contributed by atoms with van der Waals surface area (Å²) >= 11 is 3.58. The van der Waals surface area contributed by atoms with Gasteiger partial charge in [0.05, 0.1) is 0 Å². The van der Waals surface area contributed by atoms with E-state index >= 15 is 0 Å². The van der Waals surface area contributed by atoms with Crippen LogP contribution in [-0.2, 0) is 0 Å². The standard InChI is InChI=1S/C15H23BrN2/c1-10(2)18-7-6-13(9-17)15(18)12-4-5-14(16)11(3)8-12/h4-5,8,10,13,15H,6-7,9,17H2,1-3H3. The summed E-state index contributed by atoms with van der Waals surface area (Å²) in [5, 5.41) is 0. The van der Waals surface area contributed by atoms with Gasteiger partial charge in [0.2, 0.25) is 0 Å². The van der Waals surface area contributed by atoms with Crippen LogP contribution in [0.15, 0.2) is 22.7 Å². The minimum atomic E-state index is 0.488. The van der Waals surface area contributed by atoms with Crippen LogP contribution in [0.1, 0.15) is 37.4 Å². The summed E-state index contributed by atoms with van der Waals surface area (Å²) in [5.41, 5.74) is 8.67. The number of hydrogen-bond donors (Lipinski definition) is 1. The fourth-order valence-corrected chi connectivity index (χ4v) is 3.27. The summed E-state index contributed by atoms with van der Waals surface area (Å²) in [6.45, 7) is 8.65. The van der Waals surface area contributed by atoms with Crippen LogP contribution < -0.4 is 5.73 Å². The van der Waals surface area contributed by atoms with Gasteiger partial charge in [-0.05, 0) is 63.4 Å². The quantitative estimate of drug-likeness (QED) is 0.926. The largest absolute Gasteiger partial charge is 0.330 e. The first-order valence-electron chi connectivity index (χ1n) is 6.76. The molecule has 2 nitrogen and oxygen atoms in total. The van der Waals surface area contributed by atoms with Crippen LogP contribution in [0, 0.1) is 12.8 Å². The molecule has 1 aliphatic heterocycles. The van der Waals surface area contributed by atoms with Crippen molar-refractivity contribution in [2.24, 2.45) is 11.7 Å². The third-order valence-corrected chi connectivity index (χ3v) is 4.94. The molecule has 0 radical (unpaired) electrons. The predicted molar refractivity (Wildman–Crippen MR) is 80.6 cm³/mol. The van der Waals surface area contributed by atoms with E-state index in [1.807, 2.05) is 0 Å². The minimum absolute atomic E-state index is 0.488. The Balaban J connectivity index is 2.34. The number of benzene rings is 1. The van der Waals surface area contributed by atoms with E-state index in [1.54, 1.807) is 0 Å². The maximum absolute atomic E-state index is 5.96. The maximum Gasteiger partial charge on any atom is 0.0391 e. The van der Waals surface area contributed by atoms with Crippen molar-refractivity contribution in [3.63, 3.8) is 0 Å². The summed E-state index contributed by atoms with van der Waals surface area (Å²) < 4.78 is 1.18. The highest BCUT2D eigenvalue weighted by atomic mass is 79.9. The van der Waals surface area contributed by atoms with E-state index in [2.05, 4.69) is 59.8 Å². The van der Waals surface area contributed by atoms with Crippen LogP contribution in [-0.4, -0.2) is 24.0 Å². The lowest BCUT2D eigenvalue weighted by molar-refractivity contribution is 0.184. The molecular formula is C15H23BrN2. The van der Waals surface area contributed by atoms with Gasteiger partial charge in [-0.2, -0.15) is 0 Å². The highest BCUT2D eigenvalue weighted by Gasteiger charge is 2.35. The van der Waals surface area contributed by atoms with Crippen LogP contribution in [0.25, 0.3) is 0 Å². The number of nitrogens with zero attached hydrogens (tertiary/aromatic N) is 1. The summed E-state index contributed by atoms with van der Waals surface area (Å²) in [6, 6.07) is 7.77. The molecule has 0 spiro atoms. The van der Waals surface area contributed by atoms with Gasteiger partial charge in [-0.25, -0.2) is 0 Å². The van der Waals surface area contributed by atoms with Crippen LogP contribution >= 0.6 is 15.9 Å². The van der Waals surface area contributed by atoms with Crippen LogP contribution in [0.2, 0.25) is 0 Å². The predicted octanol–water partition coefficient (Wildman–Crippen LogP) is 3.49. The van der Waals surface area contributed by atoms with Gasteiger partial charge in [-0.15, -0.1) is 0 Å². The van der Waals surface area contributed by atoms with Crippen molar-refractivity contribution in [1.29, 1.82) is 0 Å². The molecule has 1 aromatic carbocycles. The van der Waals surface area contributed by atoms with E-state index in [4.69, 9.17) is 5.73 Å². The molecule has 0 aliphatic carbocycles. The SMILES string of the molecule is Cc1cc(C2C(CN)CCN2C(C)C)ccc1Br. The molecule has 0 aromatic heterocycles.